The van der Waals surface area contributed by atoms with E-state index in [-0.39, 0.29) is 0 Å². The van der Waals surface area contributed by atoms with Crippen molar-refractivity contribution in [3.63, 3.8) is 0 Å². The third kappa shape index (κ3) is 1.94. The average molecular weight is 207 g/mol. The third-order valence-corrected chi connectivity index (χ3v) is 1.99. The van der Waals surface area contributed by atoms with E-state index in [1.807, 2.05) is 0 Å². The molecule has 0 saturated carbocycles. The van der Waals surface area contributed by atoms with Crippen LogP contribution in [0.2, 0.25) is 0 Å². The number of rotatable bonds is 2. The maximum Gasteiger partial charge on any atom is 0.170 e. The van der Waals surface area contributed by atoms with Gasteiger partial charge >= 0.3 is 0 Å². The summed E-state index contributed by atoms with van der Waals surface area (Å²) in [5.74, 6) is 0. The van der Waals surface area contributed by atoms with Crippen molar-refractivity contribution in [3.05, 3.63) is 10.4 Å². The normalized spacial score (nSPS) is 43.0. The second kappa shape index (κ2) is 4.54. The first-order valence-corrected chi connectivity index (χ1v) is 3.92. The van der Waals surface area contributed by atoms with Crippen LogP contribution in [0.5, 0.6) is 0 Å². The highest BCUT2D eigenvalue weighted by Gasteiger charge is 2.44. The lowest BCUT2D eigenvalue weighted by atomic mass is 10.00. The van der Waals surface area contributed by atoms with Crippen LogP contribution in [-0.2, 0) is 4.74 Å². The van der Waals surface area contributed by atoms with E-state index >= 15 is 0 Å². The first-order chi connectivity index (χ1) is 6.61. The van der Waals surface area contributed by atoms with Crippen LogP contribution in [0.15, 0.2) is 5.11 Å². The van der Waals surface area contributed by atoms with E-state index in [0.717, 1.165) is 0 Å². The maximum absolute atomic E-state index is 13.1. The number of ether oxygens (including phenoxy) is 1. The molecule has 5 atom stereocenters. The summed E-state index contributed by atoms with van der Waals surface area (Å²) in [4.78, 5) is 2.32. The second-order valence-corrected chi connectivity index (χ2v) is 2.88. The van der Waals surface area contributed by atoms with Crippen LogP contribution in [-0.4, -0.2) is 52.6 Å². The SMILES string of the molecule is [N-]=[N+]=N[C@@H]1OC(CO)[C@H](O)[C@@H](O)C1F. The van der Waals surface area contributed by atoms with Gasteiger partial charge in [0.2, 0.25) is 0 Å². The van der Waals surface area contributed by atoms with Gasteiger partial charge in [0.15, 0.2) is 12.4 Å². The van der Waals surface area contributed by atoms with E-state index in [1.54, 1.807) is 0 Å². The number of hydrogen-bond acceptors (Lipinski definition) is 5. The number of azide groups is 1. The smallest absolute Gasteiger partial charge is 0.170 e. The van der Waals surface area contributed by atoms with Gasteiger partial charge in [0, 0.05) is 4.91 Å². The van der Waals surface area contributed by atoms with Gasteiger partial charge in [0.25, 0.3) is 0 Å². The quantitative estimate of drug-likeness (QED) is 0.308. The van der Waals surface area contributed by atoms with Crippen molar-refractivity contribution >= 4 is 0 Å². The van der Waals surface area contributed by atoms with Crippen molar-refractivity contribution in [2.24, 2.45) is 5.11 Å². The average Bonchev–Trinajstić information content (AvgIpc) is 2.19. The molecule has 0 aliphatic carbocycles. The molecule has 0 radical (unpaired) electrons. The number of aliphatic hydroxyl groups is 3. The molecule has 1 fully saturated rings. The zero-order chi connectivity index (χ0) is 10.7. The number of alkyl halides is 1. The Morgan fingerprint density at radius 2 is 2.07 bits per heavy atom. The Morgan fingerprint density at radius 1 is 1.43 bits per heavy atom. The molecule has 3 N–H and O–H groups in total. The molecule has 8 heteroatoms. The summed E-state index contributed by atoms with van der Waals surface area (Å²) in [7, 11) is 0. The van der Waals surface area contributed by atoms with Gasteiger partial charge in [0.05, 0.1) is 6.61 Å². The third-order valence-electron chi connectivity index (χ3n) is 1.99. The molecule has 1 saturated heterocycles. The summed E-state index contributed by atoms with van der Waals surface area (Å²) in [6, 6.07) is 0. The van der Waals surface area contributed by atoms with Crippen LogP contribution in [0.25, 0.3) is 10.4 Å². The summed E-state index contributed by atoms with van der Waals surface area (Å²) < 4.78 is 17.8. The first kappa shape index (κ1) is 11.2. The zero-order valence-electron chi connectivity index (χ0n) is 7.06. The lowest BCUT2D eigenvalue weighted by Gasteiger charge is -2.36. The van der Waals surface area contributed by atoms with Crippen molar-refractivity contribution in [3.8, 4) is 0 Å². The van der Waals surface area contributed by atoms with Crippen molar-refractivity contribution in [2.45, 2.75) is 30.7 Å². The number of nitrogens with zero attached hydrogens (tertiary/aromatic N) is 3. The Kier molecular flexibility index (Phi) is 3.62. The maximum atomic E-state index is 13.1. The van der Waals surface area contributed by atoms with Crippen LogP contribution in [0.4, 0.5) is 4.39 Å². The fourth-order valence-electron chi connectivity index (χ4n) is 1.20. The molecule has 14 heavy (non-hydrogen) atoms. The Hall–Kier alpha value is -0.920. The molecule has 0 aromatic rings. The molecule has 1 aliphatic heterocycles. The minimum Gasteiger partial charge on any atom is -0.394 e. The van der Waals surface area contributed by atoms with E-state index < -0.39 is 37.3 Å². The van der Waals surface area contributed by atoms with Crippen LogP contribution in [0.3, 0.4) is 0 Å². The van der Waals surface area contributed by atoms with Crippen LogP contribution >= 0.6 is 0 Å². The molecule has 0 spiro atoms. The van der Waals surface area contributed by atoms with Gasteiger partial charge in [-0.25, -0.2) is 4.39 Å². The fourth-order valence-corrected chi connectivity index (χ4v) is 1.20. The molecule has 2 unspecified atom stereocenters. The molecule has 1 heterocycles. The van der Waals surface area contributed by atoms with Crippen LogP contribution in [0.1, 0.15) is 0 Å². The number of hydrogen-bond donors (Lipinski definition) is 3. The second-order valence-electron chi connectivity index (χ2n) is 2.88. The minimum atomic E-state index is -2.00. The molecule has 0 amide bonds. The van der Waals surface area contributed by atoms with E-state index in [9.17, 15) is 9.50 Å². The van der Waals surface area contributed by atoms with Crippen molar-refractivity contribution in [1.29, 1.82) is 0 Å². The molecule has 7 nitrogen and oxygen atoms in total. The lowest BCUT2D eigenvalue weighted by Crippen LogP contribution is -2.56. The number of halogens is 1. The standard InChI is InChI=1S/C6H10FN3O4/c7-3-5(13)4(12)2(1-11)14-6(3)9-10-8/h2-6,11-13H,1H2/t2?,3?,4-,5-,6+/m0/s1. The van der Waals surface area contributed by atoms with E-state index in [2.05, 4.69) is 10.0 Å². The first-order valence-electron chi connectivity index (χ1n) is 3.92. The molecule has 1 aliphatic rings. The molecular formula is C6H10FN3O4. The summed E-state index contributed by atoms with van der Waals surface area (Å²) in [6.07, 6.45) is -7.91. The summed E-state index contributed by atoms with van der Waals surface area (Å²) >= 11 is 0. The summed E-state index contributed by atoms with van der Waals surface area (Å²) in [5.41, 5.74) is 8.05. The molecule has 0 aromatic heterocycles. The van der Waals surface area contributed by atoms with Crippen LogP contribution in [0, 0.1) is 0 Å². The Morgan fingerprint density at radius 3 is 2.57 bits per heavy atom. The highest BCUT2D eigenvalue weighted by Crippen LogP contribution is 2.24. The van der Waals surface area contributed by atoms with Gasteiger partial charge in [0.1, 0.15) is 18.3 Å². The highest BCUT2D eigenvalue weighted by molar-refractivity contribution is 4.91. The van der Waals surface area contributed by atoms with Gasteiger partial charge < -0.3 is 20.1 Å². The Balaban J connectivity index is 2.77. The largest absolute Gasteiger partial charge is 0.394 e. The van der Waals surface area contributed by atoms with Crippen LogP contribution < -0.4 is 0 Å². The number of aliphatic hydroxyl groups excluding tert-OH is 3. The molecule has 1 rings (SSSR count). The fraction of sp³-hybridized carbons (Fsp3) is 1.00. The van der Waals surface area contributed by atoms with Crippen molar-refractivity contribution < 1.29 is 24.4 Å². The zero-order valence-corrected chi connectivity index (χ0v) is 7.06. The molecule has 80 valence electrons. The van der Waals surface area contributed by atoms with Gasteiger partial charge in [-0.1, -0.05) is 5.11 Å². The Bertz CT molecular complexity index is 245. The summed E-state index contributed by atoms with van der Waals surface area (Å²) in [5, 5.41) is 30.0. The van der Waals surface area contributed by atoms with E-state index in [1.165, 1.54) is 0 Å². The predicted octanol–water partition coefficient (Wildman–Crippen LogP) is -0.926. The predicted molar refractivity (Wildman–Crippen MR) is 41.8 cm³/mol. The lowest BCUT2D eigenvalue weighted by molar-refractivity contribution is -0.210. The topological polar surface area (TPSA) is 119 Å². The molecular weight excluding hydrogens is 197 g/mol. The monoisotopic (exact) mass is 207 g/mol. The molecule has 0 aromatic carbocycles. The van der Waals surface area contributed by atoms with Gasteiger partial charge in [-0.05, 0) is 5.53 Å². The van der Waals surface area contributed by atoms with Gasteiger partial charge in [-0.3, -0.25) is 0 Å². The van der Waals surface area contributed by atoms with Gasteiger partial charge in [-0.2, -0.15) is 0 Å². The van der Waals surface area contributed by atoms with Crippen molar-refractivity contribution in [2.75, 3.05) is 6.61 Å². The summed E-state index contributed by atoms with van der Waals surface area (Å²) in [6.45, 7) is -0.595. The van der Waals surface area contributed by atoms with E-state index in [4.69, 9.17) is 20.5 Å². The Labute approximate surface area is 78.4 Å². The minimum absolute atomic E-state index is 0.595. The highest BCUT2D eigenvalue weighted by atomic mass is 19.1. The molecule has 0 bridgehead atoms. The van der Waals surface area contributed by atoms with E-state index in [0.29, 0.717) is 0 Å². The van der Waals surface area contributed by atoms with Crippen molar-refractivity contribution in [1.82, 2.24) is 0 Å². The van der Waals surface area contributed by atoms with Gasteiger partial charge in [-0.15, -0.1) is 0 Å².